The second kappa shape index (κ2) is 11.9. The molecule has 46 heavy (non-hydrogen) atoms. The van der Waals surface area contributed by atoms with E-state index in [0.29, 0.717) is 11.2 Å². The zero-order chi connectivity index (χ0) is 31.8. The van der Waals surface area contributed by atoms with Crippen LogP contribution in [0.3, 0.4) is 0 Å². The molecule has 0 N–H and O–H groups in total. The minimum Gasteiger partial charge on any atom is -0.288 e. The van der Waals surface area contributed by atoms with Crippen LogP contribution in [0.2, 0.25) is 0 Å². The summed E-state index contributed by atoms with van der Waals surface area (Å²) >= 11 is 0. The van der Waals surface area contributed by atoms with Gasteiger partial charge in [0.1, 0.15) is 11.0 Å². The van der Waals surface area contributed by atoms with E-state index in [1.165, 1.54) is 0 Å². The van der Waals surface area contributed by atoms with Gasteiger partial charge in [0.2, 0.25) is 11.2 Å². The molecule has 0 aliphatic heterocycles. The Hall–Kier alpha value is -5.89. The highest BCUT2D eigenvalue weighted by Crippen LogP contribution is 2.28. The van der Waals surface area contributed by atoms with Crippen molar-refractivity contribution in [2.45, 2.75) is 27.7 Å². The highest BCUT2D eigenvalue weighted by molar-refractivity contribution is 5.78. The van der Waals surface area contributed by atoms with Crippen molar-refractivity contribution >= 4 is 22.2 Å². The Bertz CT molecular complexity index is 2150. The lowest BCUT2D eigenvalue weighted by molar-refractivity contribution is 0.0908. The van der Waals surface area contributed by atoms with Gasteiger partial charge in [0, 0.05) is 31.2 Å². The van der Waals surface area contributed by atoms with E-state index in [-0.39, 0.29) is 0 Å². The Morgan fingerprint density at radius 1 is 0.478 bits per heavy atom. The number of aromatic nitrogens is 6. The summed E-state index contributed by atoms with van der Waals surface area (Å²) in [4.78, 5) is 16.0. The van der Waals surface area contributed by atoms with Crippen LogP contribution in [0.15, 0.2) is 125 Å². The molecule has 4 aromatic heterocycles. The van der Waals surface area contributed by atoms with Crippen molar-refractivity contribution < 1.29 is 9.15 Å². The number of rotatable bonds is 4. The molecule has 0 saturated heterocycles. The number of pyridine rings is 3. The second-order valence-corrected chi connectivity index (χ2v) is 11.5. The first-order valence-corrected chi connectivity index (χ1v) is 15.2. The Morgan fingerprint density at radius 2 is 1.02 bits per heavy atom. The van der Waals surface area contributed by atoms with Crippen molar-refractivity contribution in [1.82, 2.24) is 29.1 Å². The maximum atomic E-state index is 6.23. The van der Waals surface area contributed by atoms with E-state index in [0.717, 1.165) is 67.3 Å². The quantitative estimate of drug-likeness (QED) is 0.187. The smallest absolute Gasteiger partial charge is 0.204 e. The summed E-state index contributed by atoms with van der Waals surface area (Å²) in [6.45, 7) is 8.35. The van der Waals surface area contributed by atoms with E-state index in [1.54, 1.807) is 6.20 Å². The summed E-state index contributed by atoms with van der Waals surface area (Å²) in [5.74, 6) is 0. The average Bonchev–Trinajstić information content (AvgIpc) is 3.12. The molecule has 0 unspecified atom stereocenters. The molecule has 8 heteroatoms. The Kier molecular flexibility index (Phi) is 7.46. The fourth-order valence-corrected chi connectivity index (χ4v) is 5.65. The SMILES string of the molecule is Cc1cc2ooc3cc(C)c(C)cc3n(-c3ccnc(-c4ccccn4)c3)n(C)n(-c3cccc(-c4ccccn4)c3)c2cc1C. The van der Waals surface area contributed by atoms with Gasteiger partial charge in [-0.15, -0.1) is 0 Å². The fraction of sp³-hybridized carbons (Fsp3) is 0.132. The molecule has 0 spiro atoms. The number of aryl methyl sites for hydroxylation is 4. The topological polar surface area (TPSA) is 79.7 Å². The van der Waals surface area contributed by atoms with E-state index in [4.69, 9.17) is 9.15 Å². The van der Waals surface area contributed by atoms with Crippen molar-refractivity contribution in [2.75, 3.05) is 0 Å². The Labute approximate surface area is 266 Å². The van der Waals surface area contributed by atoms with E-state index in [2.05, 4.69) is 93.2 Å². The second-order valence-electron chi connectivity index (χ2n) is 11.5. The molecule has 8 nitrogen and oxygen atoms in total. The molecular formula is C38H34N6O2. The summed E-state index contributed by atoms with van der Waals surface area (Å²) in [7, 11) is 2.04. The first kappa shape index (κ1) is 28.9. The number of hydrogen-bond acceptors (Lipinski definition) is 5. The average molecular weight is 607 g/mol. The maximum Gasteiger partial charge on any atom is 0.204 e. The molecular weight excluding hydrogens is 572 g/mol. The van der Waals surface area contributed by atoms with Crippen LogP contribution in [0.5, 0.6) is 0 Å². The number of nitrogens with zero attached hydrogens (tertiary/aromatic N) is 6. The third-order valence-corrected chi connectivity index (χ3v) is 8.37. The highest BCUT2D eigenvalue weighted by Gasteiger charge is 2.15. The van der Waals surface area contributed by atoms with E-state index < -0.39 is 0 Å². The molecule has 0 aliphatic rings. The van der Waals surface area contributed by atoms with Gasteiger partial charge >= 0.3 is 0 Å². The number of benzene rings is 3. The predicted octanol–water partition coefficient (Wildman–Crippen LogP) is 9.10. The Morgan fingerprint density at radius 3 is 1.61 bits per heavy atom. The van der Waals surface area contributed by atoms with Crippen LogP contribution in [0.4, 0.5) is 0 Å². The number of hydrogen-bond donors (Lipinski definition) is 0. The standard InChI is InChI=1S/C38H34N6O2/c1-25-19-35-37(21-27(25)3)45-46-38-22-28(4)26(2)20-36(38)44(31-15-18-41-34(24-31)33-14-7-9-17-40-33)42(5)43(35)30-12-10-11-29(23-30)32-13-6-8-16-39-32/h6-24H,1-5H3. The minimum atomic E-state index is 0.583. The molecule has 4 heterocycles. The van der Waals surface area contributed by atoms with Gasteiger partial charge in [0.05, 0.1) is 28.5 Å². The van der Waals surface area contributed by atoms with Gasteiger partial charge in [-0.3, -0.25) is 24.1 Å². The number of fused-ring (bicyclic) bond motifs is 2. The third-order valence-electron chi connectivity index (χ3n) is 8.37. The molecule has 7 aromatic rings. The van der Waals surface area contributed by atoms with E-state index >= 15 is 0 Å². The fourth-order valence-electron chi connectivity index (χ4n) is 5.65. The van der Waals surface area contributed by atoms with Gasteiger partial charge in [0.15, 0.2) is 0 Å². The first-order chi connectivity index (χ1) is 22.4. The molecule has 7 rings (SSSR count). The lowest BCUT2D eigenvalue weighted by atomic mass is 10.1. The van der Waals surface area contributed by atoms with Gasteiger partial charge in [0.25, 0.3) is 0 Å². The summed E-state index contributed by atoms with van der Waals surface area (Å²) in [6, 6.07) is 32.5. The first-order valence-electron chi connectivity index (χ1n) is 15.2. The van der Waals surface area contributed by atoms with E-state index in [1.807, 2.05) is 80.1 Å². The van der Waals surface area contributed by atoms with Gasteiger partial charge in [-0.1, -0.05) is 24.3 Å². The van der Waals surface area contributed by atoms with Crippen molar-refractivity contribution in [1.29, 1.82) is 0 Å². The summed E-state index contributed by atoms with van der Waals surface area (Å²) in [5.41, 5.74) is 12.4. The Balaban J connectivity index is 1.67. The van der Waals surface area contributed by atoms with Crippen molar-refractivity contribution in [3.05, 3.63) is 138 Å². The normalized spacial score (nSPS) is 11.2. The van der Waals surface area contributed by atoms with E-state index in [9.17, 15) is 0 Å². The zero-order valence-corrected chi connectivity index (χ0v) is 26.5. The van der Waals surface area contributed by atoms with Gasteiger partial charge in [-0.25, -0.2) is 14.2 Å². The van der Waals surface area contributed by atoms with Crippen molar-refractivity contribution in [3.63, 3.8) is 0 Å². The molecule has 0 saturated carbocycles. The molecule has 0 fully saturated rings. The minimum absolute atomic E-state index is 0.583. The lowest BCUT2D eigenvalue weighted by Gasteiger charge is -2.22. The van der Waals surface area contributed by atoms with Crippen molar-refractivity contribution in [2.24, 2.45) is 7.05 Å². The molecule has 0 aliphatic carbocycles. The van der Waals surface area contributed by atoms with Gasteiger partial charge in [-0.05, 0) is 123 Å². The van der Waals surface area contributed by atoms with Crippen LogP contribution in [0.25, 0.3) is 56.2 Å². The summed E-state index contributed by atoms with van der Waals surface area (Å²) < 4.78 is 16.7. The highest BCUT2D eigenvalue weighted by atomic mass is 17.0. The maximum absolute atomic E-state index is 6.23. The lowest BCUT2D eigenvalue weighted by Crippen LogP contribution is -2.21. The molecule has 0 amide bonds. The van der Waals surface area contributed by atoms with Gasteiger partial charge < -0.3 is 0 Å². The van der Waals surface area contributed by atoms with Crippen LogP contribution >= 0.6 is 0 Å². The summed E-state index contributed by atoms with van der Waals surface area (Å²) in [6.07, 6.45) is 5.40. The van der Waals surface area contributed by atoms with Crippen molar-refractivity contribution in [3.8, 4) is 34.0 Å². The molecule has 3 aromatic carbocycles. The van der Waals surface area contributed by atoms with Crippen LogP contribution < -0.4 is 0 Å². The van der Waals surface area contributed by atoms with Crippen LogP contribution in [0, 0.1) is 27.7 Å². The predicted molar refractivity (Wildman–Crippen MR) is 182 cm³/mol. The summed E-state index contributed by atoms with van der Waals surface area (Å²) in [5, 5.41) is 0. The third kappa shape index (κ3) is 5.34. The monoisotopic (exact) mass is 606 g/mol. The largest absolute Gasteiger partial charge is 0.288 e. The zero-order valence-electron chi connectivity index (χ0n) is 26.5. The molecule has 0 atom stereocenters. The van der Waals surface area contributed by atoms with Gasteiger partial charge in [-0.2, -0.15) is 0 Å². The molecule has 228 valence electrons. The molecule has 0 bridgehead atoms. The van der Waals surface area contributed by atoms with Crippen LogP contribution in [-0.2, 0) is 7.05 Å². The van der Waals surface area contributed by atoms with Crippen LogP contribution in [-0.4, -0.2) is 29.1 Å². The van der Waals surface area contributed by atoms with Crippen LogP contribution in [0.1, 0.15) is 22.3 Å². The molecule has 0 radical (unpaired) electrons.